The Morgan fingerprint density at radius 3 is 0.408 bits per heavy atom. The van der Waals surface area contributed by atoms with Crippen LogP contribution in [0.15, 0.2) is 11.1 Å². The zero-order valence-electron chi connectivity index (χ0n) is 39.3. The summed E-state index contributed by atoms with van der Waals surface area (Å²) in [6.07, 6.45) is 0. The molecule has 0 saturated heterocycles. The second kappa shape index (κ2) is 22.8. The van der Waals surface area contributed by atoms with Crippen molar-refractivity contribution >= 4 is 85.0 Å². The molecule has 0 aliphatic heterocycles. The van der Waals surface area contributed by atoms with E-state index < -0.39 is 26.4 Å². The van der Waals surface area contributed by atoms with Gasteiger partial charge in [-0.3, -0.25) is 0 Å². The fourth-order valence-corrected chi connectivity index (χ4v) is 31.9. The van der Waals surface area contributed by atoms with Crippen molar-refractivity contribution in [1.82, 2.24) is 0 Å². The Bertz CT molecular complexity index is 684. The van der Waals surface area contributed by atoms with E-state index in [2.05, 4.69) is 244 Å². The van der Waals surface area contributed by atoms with Crippen LogP contribution in [0.1, 0.15) is 201 Å². The van der Waals surface area contributed by atoms with Crippen LogP contribution in [0.2, 0.25) is 55.9 Å². The zero-order valence-corrected chi connectivity index (χ0v) is 49.3. The molecule has 0 bridgehead atoms. The third-order valence-corrected chi connectivity index (χ3v) is 23.7. The van der Waals surface area contributed by atoms with E-state index in [1.165, 1.54) is 26.1 Å². The summed E-state index contributed by atoms with van der Waals surface area (Å²) in [7, 11) is 3.47. The Balaban J connectivity index is -0.000000175. The topological polar surface area (TPSA) is 0 Å². The van der Waals surface area contributed by atoms with Gasteiger partial charge < -0.3 is 0 Å². The Labute approximate surface area is 349 Å². The number of allylic oxidation sites excluding steroid dienone is 2. The normalized spacial score (nSPS) is 14.4. The van der Waals surface area contributed by atoms with Gasteiger partial charge in [0.25, 0.3) is 0 Å². The van der Waals surface area contributed by atoms with Gasteiger partial charge in [0.15, 0.2) is 0 Å². The van der Waals surface area contributed by atoms with Crippen LogP contribution in [0.25, 0.3) is 0 Å². The minimum atomic E-state index is -0.391. The van der Waals surface area contributed by atoms with Gasteiger partial charge in [0.05, 0.1) is 26.4 Å². The summed E-state index contributed by atoms with van der Waals surface area (Å²) in [4.78, 5) is 0. The fourth-order valence-electron chi connectivity index (χ4n) is 10.4. The van der Waals surface area contributed by atoms with E-state index in [4.69, 9.17) is 0 Å². The van der Waals surface area contributed by atoms with Gasteiger partial charge in [0.2, 0.25) is 0 Å². The van der Waals surface area contributed by atoms with Crippen LogP contribution in [0.3, 0.4) is 0 Å². The molecule has 49 heavy (non-hydrogen) atoms. The van der Waals surface area contributed by atoms with Crippen molar-refractivity contribution in [2.24, 2.45) is 0 Å². The first-order valence-corrected chi connectivity index (χ1v) is 28.8. The van der Waals surface area contributed by atoms with E-state index in [1.807, 2.05) is 0 Å². The van der Waals surface area contributed by atoms with Gasteiger partial charge in [-0.1, -0.05) is 187 Å². The average Bonchev–Trinajstić information content (AvgIpc) is 2.70. The van der Waals surface area contributed by atoms with Crippen LogP contribution in [0.5, 0.6) is 0 Å². The second-order valence-electron chi connectivity index (χ2n) is 23.3. The fraction of sp³-hybridized carbons (Fsp3) is 0.952. The summed E-state index contributed by atoms with van der Waals surface area (Å²) in [5.41, 5.74) is 3.10. The Morgan fingerprint density at radius 1 is 0.306 bits per heavy atom. The van der Waals surface area contributed by atoms with Crippen molar-refractivity contribution in [3.63, 3.8) is 0 Å². The molecule has 0 aromatic rings. The molecule has 0 aromatic heterocycles. The molecule has 0 fully saturated rings. The summed E-state index contributed by atoms with van der Waals surface area (Å²) in [6.45, 7) is 69.2. The molecule has 0 atom stereocenters. The number of halogens is 1. The van der Waals surface area contributed by atoms with E-state index in [9.17, 15) is 0 Å². The van der Waals surface area contributed by atoms with Gasteiger partial charge in [-0.15, -0.1) is 0 Å². The van der Waals surface area contributed by atoms with Crippen LogP contribution in [-0.2, 0) is 0 Å². The summed E-state index contributed by atoms with van der Waals surface area (Å²) in [5, 5.41) is 6.80. The first-order chi connectivity index (χ1) is 20.8. The average molecular weight is 934 g/mol. The number of hydrogen-bond acceptors (Lipinski definition) is 0. The van der Waals surface area contributed by atoms with E-state index in [0.29, 0.717) is 45.3 Å². The Kier molecular flexibility index (Phi) is 28.1. The first kappa shape index (κ1) is 60.6. The molecule has 290 valence electrons. The summed E-state index contributed by atoms with van der Waals surface area (Å²) in [5.74, 6) is 0. The van der Waals surface area contributed by atoms with Gasteiger partial charge in [0, 0.05) is 0 Å². The summed E-state index contributed by atoms with van der Waals surface area (Å²) < 4.78 is 0. The molecule has 7 heteroatoms. The molecular weight excluding hydrogens is 842 g/mol. The molecule has 0 saturated carbocycles. The van der Waals surface area contributed by atoms with E-state index in [0.717, 1.165) is 0 Å². The number of rotatable bonds is 2. The molecule has 0 amide bonds. The molecule has 0 aliphatic carbocycles. The van der Waals surface area contributed by atoms with Crippen LogP contribution in [-0.4, -0.2) is 75.0 Å². The zero-order chi connectivity index (χ0) is 41.8. The van der Waals surface area contributed by atoms with Crippen LogP contribution in [0, 0.1) is 0 Å². The Hall–Kier alpha value is 2.31. The molecule has 0 spiro atoms. The van der Waals surface area contributed by atoms with Crippen molar-refractivity contribution in [3.05, 3.63) is 11.1 Å². The molecule has 12 radical (unpaired) electrons. The van der Waals surface area contributed by atoms with Gasteiger partial charge in [-0.2, -0.15) is 0 Å². The quantitative estimate of drug-likeness (QED) is 0.191. The first-order valence-electron chi connectivity index (χ1n) is 18.6. The summed E-state index contributed by atoms with van der Waals surface area (Å²) >= 11 is 5.88. The maximum absolute atomic E-state index is 4.64. The standard InChI is InChI=1S/3C12H27Si.C6H10Ge2.ClGe/c3*1-10(2,3)13(11(4,5)6)12(7,8)9;1-5(3-7)6(2)4-8;1-2/h3*1-9H3;3-4H2,1-2H3;/b;;;6-5-;. The molecule has 0 nitrogen and oxygen atoms in total. The molecule has 0 unspecified atom stereocenters. The van der Waals surface area contributed by atoms with E-state index >= 15 is 0 Å². The number of hydrogen-bond donors (Lipinski definition) is 0. The molecular formula is C42H91ClGe3Si3. The van der Waals surface area contributed by atoms with Gasteiger partial charge in [-0.05, 0) is 45.3 Å². The minimum absolute atomic E-state index is 0.391. The third-order valence-electron chi connectivity index (χ3n) is 8.01. The van der Waals surface area contributed by atoms with Gasteiger partial charge in [-0.25, -0.2) is 0 Å². The third kappa shape index (κ3) is 28.4. The molecule has 0 rings (SSSR count). The predicted octanol–water partition coefficient (Wildman–Crippen LogP) is 16.4. The van der Waals surface area contributed by atoms with Crippen molar-refractivity contribution in [2.75, 3.05) is 0 Å². The van der Waals surface area contributed by atoms with Crippen molar-refractivity contribution in [1.29, 1.82) is 0 Å². The molecule has 0 heterocycles. The molecule has 0 aliphatic rings. The second-order valence-corrected chi connectivity index (χ2v) is 40.5. The van der Waals surface area contributed by atoms with Crippen molar-refractivity contribution in [2.45, 2.75) is 257 Å². The van der Waals surface area contributed by atoms with Crippen LogP contribution < -0.4 is 0 Å². The summed E-state index contributed by atoms with van der Waals surface area (Å²) in [6, 6.07) is 0. The monoisotopic (exact) mass is 936 g/mol. The Morgan fingerprint density at radius 2 is 0.388 bits per heavy atom. The van der Waals surface area contributed by atoms with Crippen LogP contribution >= 0.6 is 10.0 Å². The van der Waals surface area contributed by atoms with E-state index in [1.54, 1.807) is 11.1 Å². The van der Waals surface area contributed by atoms with Crippen molar-refractivity contribution in [3.8, 4) is 0 Å². The van der Waals surface area contributed by atoms with E-state index in [-0.39, 0.29) is 0 Å². The SMILES string of the molecule is C/C([CH2][Ge])=C(\C)[CH2][Ge].CC(C)(C)[Si](C(C)(C)C)C(C)(C)C.CC(C)(C)[Si](C(C)(C)C)C(C)(C)C.CC(C)(C)[Si](C(C)(C)C)C(C)(C)C.[Cl][Ge]. The molecule has 0 aromatic carbocycles. The molecule has 0 N–H and O–H groups in total. The van der Waals surface area contributed by atoms with Gasteiger partial charge >= 0.3 is 94.1 Å². The van der Waals surface area contributed by atoms with Crippen molar-refractivity contribution < 1.29 is 0 Å². The predicted molar refractivity (Wildman–Crippen MR) is 246 cm³/mol. The maximum atomic E-state index is 4.64. The van der Waals surface area contributed by atoms with Crippen LogP contribution in [0.4, 0.5) is 0 Å². The van der Waals surface area contributed by atoms with Gasteiger partial charge in [0.1, 0.15) is 0 Å².